The third kappa shape index (κ3) is 1.61. The first-order valence-corrected chi connectivity index (χ1v) is 4.01. The fourth-order valence-corrected chi connectivity index (χ4v) is 1.09. The first kappa shape index (κ1) is 8.43. The Labute approximate surface area is 79.8 Å². The predicted octanol–water partition coefficient (Wildman–Crippen LogP) is 0.262. The number of imide groups is 1. The Morgan fingerprint density at radius 1 is 1.21 bits per heavy atom. The van der Waals surface area contributed by atoms with Crippen LogP contribution in [0.5, 0.6) is 0 Å². The Kier molecular flexibility index (Phi) is 1.98. The van der Waals surface area contributed by atoms with Crippen LogP contribution in [0.1, 0.15) is 5.69 Å². The molecule has 70 valence electrons. The molecule has 0 saturated carbocycles. The lowest BCUT2D eigenvalue weighted by Crippen LogP contribution is -2.22. The Balaban J connectivity index is 2.28. The third-order valence-electron chi connectivity index (χ3n) is 1.70. The summed E-state index contributed by atoms with van der Waals surface area (Å²) < 4.78 is 0. The van der Waals surface area contributed by atoms with Crippen LogP contribution in [0.25, 0.3) is 6.08 Å². The molecule has 0 radical (unpaired) electrons. The summed E-state index contributed by atoms with van der Waals surface area (Å²) >= 11 is 0. The standard InChI is InChI=1S/C9H7N3O2/c13-8-7(11-9(14)12-8)5-6-3-1-2-4-10-6/h1-5H,(H2,11,12,13,14). The monoisotopic (exact) mass is 189 g/mol. The second kappa shape index (κ2) is 3.29. The summed E-state index contributed by atoms with van der Waals surface area (Å²) in [6.45, 7) is 0. The van der Waals surface area contributed by atoms with E-state index < -0.39 is 11.9 Å². The maximum atomic E-state index is 11.1. The zero-order valence-electron chi connectivity index (χ0n) is 7.15. The van der Waals surface area contributed by atoms with Gasteiger partial charge in [0, 0.05) is 6.20 Å². The Bertz CT molecular complexity index is 411. The molecule has 1 aliphatic rings. The van der Waals surface area contributed by atoms with Gasteiger partial charge in [-0.1, -0.05) is 6.07 Å². The maximum Gasteiger partial charge on any atom is 0.326 e. The first-order chi connectivity index (χ1) is 6.75. The molecule has 2 rings (SSSR count). The highest BCUT2D eigenvalue weighted by atomic mass is 16.2. The molecule has 1 aliphatic heterocycles. The van der Waals surface area contributed by atoms with Crippen molar-refractivity contribution in [3.8, 4) is 0 Å². The zero-order valence-corrected chi connectivity index (χ0v) is 7.15. The normalized spacial score (nSPS) is 18.1. The van der Waals surface area contributed by atoms with Gasteiger partial charge in [0.05, 0.1) is 5.69 Å². The summed E-state index contributed by atoms with van der Waals surface area (Å²) in [5.74, 6) is -0.430. The minimum absolute atomic E-state index is 0.216. The highest BCUT2D eigenvalue weighted by Gasteiger charge is 2.22. The van der Waals surface area contributed by atoms with E-state index in [0.29, 0.717) is 5.69 Å². The van der Waals surface area contributed by atoms with Gasteiger partial charge in [0.15, 0.2) is 0 Å². The van der Waals surface area contributed by atoms with Crippen LogP contribution in [0.15, 0.2) is 30.1 Å². The molecule has 3 amide bonds. The van der Waals surface area contributed by atoms with Crippen molar-refractivity contribution < 1.29 is 9.59 Å². The number of carbonyl (C=O) groups is 2. The molecule has 0 aliphatic carbocycles. The van der Waals surface area contributed by atoms with Gasteiger partial charge in [0.25, 0.3) is 5.91 Å². The molecule has 0 unspecified atom stereocenters. The van der Waals surface area contributed by atoms with Gasteiger partial charge in [-0.2, -0.15) is 0 Å². The fraction of sp³-hybridized carbons (Fsp3) is 0. The minimum atomic E-state index is -0.503. The number of nitrogens with zero attached hydrogens (tertiary/aromatic N) is 1. The lowest BCUT2D eigenvalue weighted by atomic mass is 10.3. The third-order valence-corrected chi connectivity index (χ3v) is 1.70. The van der Waals surface area contributed by atoms with Crippen molar-refractivity contribution in [2.45, 2.75) is 0 Å². The van der Waals surface area contributed by atoms with Crippen molar-refractivity contribution in [1.82, 2.24) is 15.6 Å². The zero-order chi connectivity index (χ0) is 9.97. The average Bonchev–Trinajstić information content (AvgIpc) is 2.47. The number of carbonyl (C=O) groups excluding carboxylic acids is 2. The lowest BCUT2D eigenvalue weighted by molar-refractivity contribution is -0.115. The van der Waals surface area contributed by atoms with E-state index >= 15 is 0 Å². The second-order valence-electron chi connectivity index (χ2n) is 2.72. The van der Waals surface area contributed by atoms with Crippen LogP contribution >= 0.6 is 0 Å². The van der Waals surface area contributed by atoms with Crippen molar-refractivity contribution in [1.29, 1.82) is 0 Å². The number of amides is 3. The molecule has 0 aromatic carbocycles. The molecule has 0 spiro atoms. The first-order valence-electron chi connectivity index (χ1n) is 4.01. The predicted molar refractivity (Wildman–Crippen MR) is 48.9 cm³/mol. The summed E-state index contributed by atoms with van der Waals surface area (Å²) in [6.07, 6.45) is 3.13. The van der Waals surface area contributed by atoms with Gasteiger partial charge >= 0.3 is 6.03 Å². The molecule has 1 aromatic rings. The summed E-state index contributed by atoms with van der Waals surface area (Å²) in [5, 5.41) is 4.48. The minimum Gasteiger partial charge on any atom is -0.303 e. The molecule has 2 heterocycles. The molecule has 2 N–H and O–H groups in total. The summed E-state index contributed by atoms with van der Waals surface area (Å²) in [6, 6.07) is 4.81. The molecule has 14 heavy (non-hydrogen) atoms. The Hall–Kier alpha value is -2.17. The van der Waals surface area contributed by atoms with Gasteiger partial charge in [-0.05, 0) is 18.2 Å². The summed E-state index contributed by atoms with van der Waals surface area (Å²) in [5.41, 5.74) is 0.841. The molecule has 0 bridgehead atoms. The van der Waals surface area contributed by atoms with E-state index in [1.807, 2.05) is 0 Å². The molecule has 1 saturated heterocycles. The van der Waals surface area contributed by atoms with Crippen molar-refractivity contribution in [2.24, 2.45) is 0 Å². The number of hydrogen-bond acceptors (Lipinski definition) is 3. The largest absolute Gasteiger partial charge is 0.326 e. The summed E-state index contributed by atoms with van der Waals surface area (Å²) in [4.78, 5) is 25.8. The van der Waals surface area contributed by atoms with Crippen LogP contribution in [-0.2, 0) is 4.79 Å². The molecule has 0 atom stereocenters. The number of urea groups is 1. The quantitative estimate of drug-likeness (QED) is 0.491. The Morgan fingerprint density at radius 2 is 2.07 bits per heavy atom. The Morgan fingerprint density at radius 3 is 2.64 bits per heavy atom. The van der Waals surface area contributed by atoms with E-state index in [9.17, 15) is 9.59 Å². The molecule has 1 aromatic heterocycles. The molecular formula is C9H7N3O2. The molecular weight excluding hydrogens is 182 g/mol. The fourth-order valence-electron chi connectivity index (χ4n) is 1.09. The van der Waals surface area contributed by atoms with Crippen molar-refractivity contribution in [3.63, 3.8) is 0 Å². The van der Waals surface area contributed by atoms with Crippen molar-refractivity contribution >= 4 is 18.0 Å². The van der Waals surface area contributed by atoms with Gasteiger partial charge in [0.2, 0.25) is 0 Å². The molecule has 5 heteroatoms. The number of nitrogens with one attached hydrogen (secondary N) is 2. The van der Waals surface area contributed by atoms with E-state index in [1.165, 1.54) is 6.08 Å². The van der Waals surface area contributed by atoms with Gasteiger partial charge in [-0.3, -0.25) is 15.1 Å². The van der Waals surface area contributed by atoms with Crippen LogP contribution in [0.3, 0.4) is 0 Å². The number of pyridine rings is 1. The van der Waals surface area contributed by atoms with Gasteiger partial charge in [-0.15, -0.1) is 0 Å². The van der Waals surface area contributed by atoms with Crippen LogP contribution in [0.2, 0.25) is 0 Å². The van der Waals surface area contributed by atoms with Gasteiger partial charge in [-0.25, -0.2) is 4.79 Å². The van der Waals surface area contributed by atoms with E-state index in [-0.39, 0.29) is 5.70 Å². The lowest BCUT2D eigenvalue weighted by Gasteiger charge is -1.93. The molecule has 5 nitrogen and oxygen atoms in total. The van der Waals surface area contributed by atoms with E-state index in [1.54, 1.807) is 24.4 Å². The highest BCUT2D eigenvalue weighted by molar-refractivity contribution is 6.13. The van der Waals surface area contributed by atoms with Gasteiger partial charge in [0.1, 0.15) is 5.70 Å². The topological polar surface area (TPSA) is 71.1 Å². The van der Waals surface area contributed by atoms with Crippen LogP contribution < -0.4 is 10.6 Å². The van der Waals surface area contributed by atoms with Crippen LogP contribution in [0.4, 0.5) is 4.79 Å². The number of hydrogen-bond donors (Lipinski definition) is 2. The van der Waals surface area contributed by atoms with Gasteiger partial charge < -0.3 is 5.32 Å². The highest BCUT2D eigenvalue weighted by Crippen LogP contribution is 2.04. The van der Waals surface area contributed by atoms with Crippen molar-refractivity contribution in [2.75, 3.05) is 0 Å². The van der Waals surface area contributed by atoms with Crippen LogP contribution in [-0.4, -0.2) is 16.9 Å². The smallest absolute Gasteiger partial charge is 0.303 e. The van der Waals surface area contributed by atoms with E-state index in [0.717, 1.165) is 0 Å². The maximum absolute atomic E-state index is 11.1. The number of aromatic nitrogens is 1. The van der Waals surface area contributed by atoms with Crippen molar-refractivity contribution in [3.05, 3.63) is 35.8 Å². The SMILES string of the molecule is O=C1NC(=O)C(=Cc2ccccn2)N1. The van der Waals surface area contributed by atoms with Crippen LogP contribution in [0, 0.1) is 0 Å². The molecule has 1 fully saturated rings. The summed E-state index contributed by atoms with van der Waals surface area (Å²) in [7, 11) is 0. The second-order valence-corrected chi connectivity index (χ2v) is 2.72. The van der Waals surface area contributed by atoms with E-state index in [2.05, 4.69) is 15.6 Å². The average molecular weight is 189 g/mol. The number of rotatable bonds is 1. The van der Waals surface area contributed by atoms with E-state index in [4.69, 9.17) is 0 Å².